The second kappa shape index (κ2) is 8.06. The summed E-state index contributed by atoms with van der Waals surface area (Å²) in [5.41, 5.74) is 3.14. The Kier molecular flexibility index (Phi) is 5.36. The molecule has 2 aromatic carbocycles. The summed E-state index contributed by atoms with van der Waals surface area (Å²) in [5.74, 6) is -0.568. The lowest BCUT2D eigenvalue weighted by Gasteiger charge is -2.09. The Morgan fingerprint density at radius 1 is 0.920 bits per heavy atom. The van der Waals surface area contributed by atoms with Gasteiger partial charge in [-0.1, -0.05) is 42.5 Å². The van der Waals surface area contributed by atoms with E-state index in [0.29, 0.717) is 18.8 Å². The average Bonchev–Trinajstić information content (AvgIpc) is 2.67. The van der Waals surface area contributed by atoms with E-state index in [-0.39, 0.29) is 11.7 Å². The molecule has 0 bridgehead atoms. The van der Waals surface area contributed by atoms with E-state index in [0.717, 1.165) is 16.8 Å². The van der Waals surface area contributed by atoms with Gasteiger partial charge in [-0.3, -0.25) is 9.78 Å². The predicted octanol–water partition coefficient (Wildman–Crippen LogP) is 3.76. The van der Waals surface area contributed by atoms with E-state index in [2.05, 4.69) is 15.6 Å². The van der Waals surface area contributed by atoms with E-state index in [1.807, 2.05) is 36.4 Å². The van der Waals surface area contributed by atoms with Crippen molar-refractivity contribution in [2.45, 2.75) is 13.1 Å². The summed E-state index contributed by atoms with van der Waals surface area (Å²) >= 11 is 0. The van der Waals surface area contributed by atoms with Gasteiger partial charge in [0.25, 0.3) is 5.91 Å². The monoisotopic (exact) mass is 335 g/mol. The maximum absolute atomic E-state index is 12.9. The van der Waals surface area contributed by atoms with Gasteiger partial charge in [-0.05, 0) is 35.4 Å². The van der Waals surface area contributed by atoms with E-state index < -0.39 is 0 Å². The van der Waals surface area contributed by atoms with Crippen LogP contribution in [0.5, 0.6) is 0 Å². The maximum Gasteiger partial charge on any atom is 0.270 e. The number of carbonyl (C=O) groups is 1. The summed E-state index contributed by atoms with van der Waals surface area (Å²) in [6, 6.07) is 19.6. The van der Waals surface area contributed by atoms with E-state index in [4.69, 9.17) is 0 Å². The quantitative estimate of drug-likeness (QED) is 0.721. The SMILES string of the molecule is O=C(NCc1ccc(F)cc1)c1cc(NCc2ccccc2)ccn1. The van der Waals surface area contributed by atoms with Crippen LogP contribution in [0.3, 0.4) is 0 Å². The Hall–Kier alpha value is -3.21. The number of nitrogens with one attached hydrogen (secondary N) is 2. The summed E-state index contributed by atoms with van der Waals surface area (Å²) in [5, 5.41) is 6.06. The minimum absolute atomic E-state index is 0.271. The standard InChI is InChI=1S/C20H18FN3O/c21-17-8-6-16(7-9-17)14-24-20(25)19-12-18(10-11-22-19)23-13-15-4-2-1-3-5-15/h1-12H,13-14H2,(H,22,23)(H,24,25). The van der Waals surface area contributed by atoms with Crippen molar-refractivity contribution in [1.29, 1.82) is 0 Å². The molecule has 126 valence electrons. The largest absolute Gasteiger partial charge is 0.381 e. The smallest absolute Gasteiger partial charge is 0.270 e. The zero-order valence-electron chi connectivity index (χ0n) is 13.6. The first-order valence-corrected chi connectivity index (χ1v) is 7.97. The molecule has 1 amide bonds. The van der Waals surface area contributed by atoms with Gasteiger partial charge < -0.3 is 10.6 Å². The summed E-state index contributed by atoms with van der Waals surface area (Å²) in [6.45, 7) is 0.990. The number of rotatable bonds is 6. The molecule has 5 heteroatoms. The fraction of sp³-hybridized carbons (Fsp3) is 0.100. The van der Waals surface area contributed by atoms with Crippen LogP contribution in [0.1, 0.15) is 21.6 Å². The average molecular weight is 335 g/mol. The molecular weight excluding hydrogens is 317 g/mol. The molecule has 0 aliphatic heterocycles. The number of amides is 1. The highest BCUT2D eigenvalue weighted by atomic mass is 19.1. The van der Waals surface area contributed by atoms with Crippen molar-refractivity contribution >= 4 is 11.6 Å². The highest BCUT2D eigenvalue weighted by molar-refractivity contribution is 5.93. The third-order valence-electron chi connectivity index (χ3n) is 3.70. The van der Waals surface area contributed by atoms with Crippen LogP contribution >= 0.6 is 0 Å². The topological polar surface area (TPSA) is 54.0 Å². The predicted molar refractivity (Wildman–Crippen MR) is 95.6 cm³/mol. The number of hydrogen-bond acceptors (Lipinski definition) is 3. The first-order valence-electron chi connectivity index (χ1n) is 7.97. The molecule has 1 heterocycles. The van der Waals surface area contributed by atoms with E-state index in [1.54, 1.807) is 24.4 Å². The van der Waals surface area contributed by atoms with Gasteiger partial charge in [0.05, 0.1) is 0 Å². The Labute approximate surface area is 145 Å². The third-order valence-corrected chi connectivity index (χ3v) is 3.70. The maximum atomic E-state index is 12.9. The zero-order valence-corrected chi connectivity index (χ0v) is 13.6. The molecule has 0 fully saturated rings. The van der Waals surface area contributed by atoms with Crippen molar-refractivity contribution in [2.24, 2.45) is 0 Å². The lowest BCUT2D eigenvalue weighted by Crippen LogP contribution is -2.23. The van der Waals surface area contributed by atoms with Crippen molar-refractivity contribution in [2.75, 3.05) is 5.32 Å². The summed E-state index contributed by atoms with van der Waals surface area (Å²) < 4.78 is 12.9. The number of pyridine rings is 1. The molecule has 0 atom stereocenters. The second-order valence-electron chi connectivity index (χ2n) is 5.58. The van der Waals surface area contributed by atoms with Crippen LogP contribution in [-0.4, -0.2) is 10.9 Å². The normalized spacial score (nSPS) is 10.3. The lowest BCUT2D eigenvalue weighted by molar-refractivity contribution is 0.0946. The van der Waals surface area contributed by atoms with Crippen molar-refractivity contribution in [1.82, 2.24) is 10.3 Å². The van der Waals surface area contributed by atoms with Gasteiger partial charge in [0, 0.05) is 25.0 Å². The molecule has 0 saturated heterocycles. The number of anilines is 1. The van der Waals surface area contributed by atoms with Crippen LogP contribution in [0.2, 0.25) is 0 Å². The van der Waals surface area contributed by atoms with Gasteiger partial charge in [0.15, 0.2) is 0 Å². The Balaban J connectivity index is 1.58. The van der Waals surface area contributed by atoms with Crippen molar-refractivity contribution in [3.05, 3.63) is 95.6 Å². The molecule has 0 saturated carbocycles. The van der Waals surface area contributed by atoms with Crippen molar-refractivity contribution in [3.63, 3.8) is 0 Å². The molecule has 1 aromatic heterocycles. The van der Waals surface area contributed by atoms with Crippen LogP contribution in [0.25, 0.3) is 0 Å². The van der Waals surface area contributed by atoms with Gasteiger partial charge in [0.1, 0.15) is 11.5 Å². The van der Waals surface area contributed by atoms with E-state index in [9.17, 15) is 9.18 Å². The number of halogens is 1. The van der Waals surface area contributed by atoms with Crippen LogP contribution in [-0.2, 0) is 13.1 Å². The minimum Gasteiger partial charge on any atom is -0.381 e. The van der Waals surface area contributed by atoms with E-state index in [1.165, 1.54) is 12.1 Å². The molecule has 0 aliphatic carbocycles. The van der Waals surface area contributed by atoms with Gasteiger partial charge in [-0.15, -0.1) is 0 Å². The molecule has 3 rings (SSSR count). The first-order chi connectivity index (χ1) is 12.2. The van der Waals surface area contributed by atoms with Gasteiger partial charge in [-0.25, -0.2) is 4.39 Å². The highest BCUT2D eigenvalue weighted by Crippen LogP contribution is 2.11. The lowest BCUT2D eigenvalue weighted by atomic mass is 10.2. The Morgan fingerprint density at radius 3 is 2.40 bits per heavy atom. The fourth-order valence-electron chi connectivity index (χ4n) is 2.34. The number of aromatic nitrogens is 1. The third kappa shape index (κ3) is 4.88. The number of hydrogen-bond donors (Lipinski definition) is 2. The number of carbonyl (C=O) groups excluding carboxylic acids is 1. The van der Waals surface area contributed by atoms with Crippen LogP contribution in [0.15, 0.2) is 72.9 Å². The van der Waals surface area contributed by atoms with Gasteiger partial charge in [0.2, 0.25) is 0 Å². The van der Waals surface area contributed by atoms with E-state index >= 15 is 0 Å². The van der Waals surface area contributed by atoms with Crippen LogP contribution in [0.4, 0.5) is 10.1 Å². The molecule has 0 aliphatic rings. The second-order valence-corrected chi connectivity index (χ2v) is 5.58. The molecule has 3 aromatic rings. The molecule has 2 N–H and O–H groups in total. The molecule has 4 nitrogen and oxygen atoms in total. The molecule has 0 spiro atoms. The number of nitrogens with zero attached hydrogens (tertiary/aromatic N) is 1. The van der Waals surface area contributed by atoms with Crippen molar-refractivity contribution < 1.29 is 9.18 Å². The zero-order chi connectivity index (χ0) is 17.5. The molecular formula is C20H18FN3O. The summed E-state index contributed by atoms with van der Waals surface area (Å²) in [7, 11) is 0. The Morgan fingerprint density at radius 2 is 1.64 bits per heavy atom. The number of benzene rings is 2. The van der Waals surface area contributed by atoms with Gasteiger partial charge >= 0.3 is 0 Å². The summed E-state index contributed by atoms with van der Waals surface area (Å²) in [4.78, 5) is 16.3. The molecule has 0 unspecified atom stereocenters. The van der Waals surface area contributed by atoms with Crippen LogP contribution < -0.4 is 10.6 Å². The van der Waals surface area contributed by atoms with Crippen LogP contribution in [0, 0.1) is 5.82 Å². The Bertz CT molecular complexity index is 835. The first kappa shape index (κ1) is 16.6. The fourth-order valence-corrected chi connectivity index (χ4v) is 2.34. The summed E-state index contributed by atoms with van der Waals surface area (Å²) in [6.07, 6.45) is 1.60. The molecule has 25 heavy (non-hydrogen) atoms. The highest BCUT2D eigenvalue weighted by Gasteiger charge is 2.08. The molecule has 0 radical (unpaired) electrons. The minimum atomic E-state index is -0.297. The van der Waals surface area contributed by atoms with Gasteiger partial charge in [-0.2, -0.15) is 0 Å². The van der Waals surface area contributed by atoms with Crippen molar-refractivity contribution in [3.8, 4) is 0 Å².